The van der Waals surface area contributed by atoms with Crippen molar-refractivity contribution in [2.75, 3.05) is 19.9 Å². The molecule has 0 saturated heterocycles. The molecule has 0 spiro atoms. The second kappa shape index (κ2) is 4.57. The van der Waals surface area contributed by atoms with Crippen molar-refractivity contribution in [2.24, 2.45) is 0 Å². The summed E-state index contributed by atoms with van der Waals surface area (Å²) in [5, 5.41) is 8.94. The van der Waals surface area contributed by atoms with Gasteiger partial charge >= 0.3 is 5.69 Å². The van der Waals surface area contributed by atoms with Crippen LogP contribution < -0.4 is 15.2 Å². The first-order chi connectivity index (χ1) is 7.88. The fraction of sp³-hybridized carbons (Fsp3) is 0.333. The zero-order valence-corrected chi connectivity index (χ0v) is 10.5. The minimum Gasteiger partial charge on any atom is -0.488 e. The van der Waals surface area contributed by atoms with Crippen LogP contribution in [0.3, 0.4) is 0 Å². The summed E-state index contributed by atoms with van der Waals surface area (Å²) in [6, 6.07) is 1.44. The molecule has 0 aliphatic heterocycles. The molecule has 0 aliphatic carbocycles. The molecule has 0 atom stereocenters. The van der Waals surface area contributed by atoms with Gasteiger partial charge in [-0.3, -0.25) is 0 Å². The van der Waals surface area contributed by atoms with Gasteiger partial charge in [0.05, 0.1) is 12.8 Å². The molecule has 7 nitrogen and oxygen atoms in total. The minimum atomic E-state index is -3.76. The number of nitrogens with one attached hydrogen (secondary N) is 1. The number of nitrogens with two attached hydrogens (primary N) is 1. The third-order valence-corrected chi connectivity index (χ3v) is 3.85. The SMILES string of the molecule is CNS(=O)(=O)c1c(C)cc(N)c(OC)c1[N+]#N. The van der Waals surface area contributed by atoms with Gasteiger partial charge in [0.2, 0.25) is 21.2 Å². The van der Waals surface area contributed by atoms with Gasteiger partial charge in [-0.15, -0.1) is 0 Å². The highest BCUT2D eigenvalue weighted by molar-refractivity contribution is 7.89. The predicted molar refractivity (Wildman–Crippen MR) is 63.1 cm³/mol. The van der Waals surface area contributed by atoms with E-state index in [0.29, 0.717) is 5.56 Å². The lowest BCUT2D eigenvalue weighted by atomic mass is 10.2. The molecule has 8 heteroatoms. The van der Waals surface area contributed by atoms with Crippen molar-refractivity contribution < 1.29 is 13.2 Å². The number of nitrogens with zero attached hydrogens (tertiary/aromatic N) is 2. The van der Waals surface area contributed by atoms with Crippen LogP contribution in [0.5, 0.6) is 5.75 Å². The Hall–Kier alpha value is -1.85. The first-order valence-electron chi connectivity index (χ1n) is 4.64. The maximum atomic E-state index is 11.8. The van der Waals surface area contributed by atoms with E-state index in [1.54, 1.807) is 6.92 Å². The van der Waals surface area contributed by atoms with Gasteiger partial charge in [0.25, 0.3) is 0 Å². The second-order valence-electron chi connectivity index (χ2n) is 3.30. The van der Waals surface area contributed by atoms with E-state index in [0.717, 1.165) is 0 Å². The van der Waals surface area contributed by atoms with E-state index in [1.807, 2.05) is 0 Å². The number of rotatable bonds is 3. The van der Waals surface area contributed by atoms with Crippen LogP contribution in [0.25, 0.3) is 4.98 Å². The van der Waals surface area contributed by atoms with Crippen LogP contribution in [0.15, 0.2) is 11.0 Å². The molecule has 92 valence electrons. The van der Waals surface area contributed by atoms with Gasteiger partial charge in [0, 0.05) is 0 Å². The Morgan fingerprint density at radius 1 is 1.53 bits per heavy atom. The number of aryl methyl sites for hydroxylation is 1. The number of anilines is 1. The number of sulfonamides is 1. The maximum absolute atomic E-state index is 11.8. The molecule has 0 aliphatic rings. The van der Waals surface area contributed by atoms with Gasteiger partial charge < -0.3 is 10.5 Å². The lowest BCUT2D eigenvalue weighted by molar-refractivity contribution is 0.418. The summed E-state index contributed by atoms with van der Waals surface area (Å²) < 4.78 is 30.7. The van der Waals surface area contributed by atoms with Crippen LogP contribution >= 0.6 is 0 Å². The van der Waals surface area contributed by atoms with Gasteiger partial charge in [-0.05, 0) is 25.6 Å². The lowest BCUT2D eigenvalue weighted by Gasteiger charge is -2.08. The lowest BCUT2D eigenvalue weighted by Crippen LogP contribution is -2.20. The number of nitrogen functional groups attached to an aromatic ring is 1. The molecule has 0 aromatic heterocycles. The number of hydrogen-bond acceptors (Lipinski definition) is 5. The Kier molecular flexibility index (Phi) is 3.55. The smallest absolute Gasteiger partial charge is 0.448 e. The summed E-state index contributed by atoms with van der Waals surface area (Å²) in [4.78, 5) is 2.79. The number of diazo groups is 1. The third-order valence-electron chi connectivity index (χ3n) is 2.26. The quantitative estimate of drug-likeness (QED) is 0.619. The first kappa shape index (κ1) is 13.2. The Bertz CT molecular complexity index is 589. The second-order valence-corrected chi connectivity index (χ2v) is 5.12. The molecule has 0 amide bonds. The summed E-state index contributed by atoms with van der Waals surface area (Å²) in [7, 11) is -1.19. The molecule has 1 rings (SSSR count). The standard InChI is InChI=1S/C9H13N4O3S/c1-5-4-6(10)8(16-3)7(13-11)9(5)17(14,15)12-2/h4,12H,10H2,1-3H3/q+1. The van der Waals surface area contributed by atoms with E-state index < -0.39 is 10.0 Å². The van der Waals surface area contributed by atoms with Crippen LogP contribution in [0, 0.1) is 12.3 Å². The molecule has 3 N–H and O–H groups in total. The van der Waals surface area contributed by atoms with Gasteiger partial charge in [0.1, 0.15) is 0 Å². The molecule has 0 saturated carbocycles. The normalized spacial score (nSPS) is 10.9. The van der Waals surface area contributed by atoms with Crippen molar-refractivity contribution in [1.82, 2.24) is 4.72 Å². The van der Waals surface area contributed by atoms with E-state index in [1.165, 1.54) is 20.2 Å². The predicted octanol–water partition coefficient (Wildman–Crippen LogP) is 0.978. The molecular weight excluding hydrogens is 244 g/mol. The maximum Gasteiger partial charge on any atom is 0.448 e. The topological polar surface area (TPSA) is 110 Å². The van der Waals surface area contributed by atoms with Gasteiger partial charge in [-0.2, -0.15) is 0 Å². The molecular formula is C9H13N4O3S+. The van der Waals surface area contributed by atoms with Crippen LogP contribution in [0.1, 0.15) is 5.56 Å². The summed E-state index contributed by atoms with van der Waals surface area (Å²) in [5.74, 6) is 0.0203. The summed E-state index contributed by atoms with van der Waals surface area (Å²) in [6.45, 7) is 1.55. The monoisotopic (exact) mass is 257 g/mol. The first-order valence-corrected chi connectivity index (χ1v) is 6.13. The van der Waals surface area contributed by atoms with Gasteiger partial charge in [0.15, 0.2) is 9.87 Å². The van der Waals surface area contributed by atoms with Crippen LogP contribution in [-0.4, -0.2) is 22.6 Å². The van der Waals surface area contributed by atoms with Crippen molar-refractivity contribution in [1.29, 1.82) is 5.39 Å². The Labute approximate surface area is 99.3 Å². The number of ether oxygens (including phenoxy) is 1. The van der Waals surface area contributed by atoms with Crippen molar-refractivity contribution in [2.45, 2.75) is 11.8 Å². The van der Waals surface area contributed by atoms with Gasteiger partial charge in [-0.25, -0.2) is 13.1 Å². The van der Waals surface area contributed by atoms with Crippen LogP contribution in [0.4, 0.5) is 11.4 Å². The van der Waals surface area contributed by atoms with Crippen molar-refractivity contribution >= 4 is 21.4 Å². The highest BCUT2D eigenvalue weighted by Gasteiger charge is 2.34. The van der Waals surface area contributed by atoms with E-state index in [2.05, 4.69) is 9.70 Å². The average molecular weight is 257 g/mol. The highest BCUT2D eigenvalue weighted by Crippen LogP contribution is 2.41. The van der Waals surface area contributed by atoms with Crippen LogP contribution in [0.2, 0.25) is 0 Å². The molecule has 1 aromatic rings. The fourth-order valence-corrected chi connectivity index (χ4v) is 2.61. The number of hydrogen-bond donors (Lipinski definition) is 2. The zero-order chi connectivity index (χ0) is 13.2. The Morgan fingerprint density at radius 3 is 2.53 bits per heavy atom. The van der Waals surface area contributed by atoms with E-state index in [-0.39, 0.29) is 22.0 Å². The summed E-state index contributed by atoms with van der Waals surface area (Å²) >= 11 is 0. The molecule has 0 unspecified atom stereocenters. The van der Waals surface area contributed by atoms with Crippen molar-refractivity contribution in [3.8, 4) is 5.75 Å². The number of methoxy groups -OCH3 is 1. The number of benzene rings is 1. The molecule has 1 aromatic carbocycles. The van der Waals surface area contributed by atoms with E-state index >= 15 is 0 Å². The summed E-state index contributed by atoms with van der Waals surface area (Å²) in [6.07, 6.45) is 0. The minimum absolute atomic E-state index is 0.0203. The van der Waals surface area contributed by atoms with Gasteiger partial charge in [-0.1, -0.05) is 0 Å². The largest absolute Gasteiger partial charge is 0.488 e. The van der Waals surface area contributed by atoms with Crippen molar-refractivity contribution in [3.63, 3.8) is 0 Å². The average Bonchev–Trinajstić information content (AvgIpc) is 2.27. The molecule has 0 radical (unpaired) electrons. The fourth-order valence-electron chi connectivity index (χ4n) is 1.54. The molecule has 0 fully saturated rings. The molecule has 17 heavy (non-hydrogen) atoms. The van der Waals surface area contributed by atoms with Crippen LogP contribution in [-0.2, 0) is 10.0 Å². The Morgan fingerprint density at radius 2 is 2.12 bits per heavy atom. The third kappa shape index (κ3) is 2.15. The highest BCUT2D eigenvalue weighted by atomic mass is 32.2. The molecule has 0 heterocycles. The van der Waals surface area contributed by atoms with Crippen molar-refractivity contribution in [3.05, 3.63) is 16.6 Å². The molecule has 0 bridgehead atoms. The van der Waals surface area contributed by atoms with E-state index in [4.69, 9.17) is 15.9 Å². The Balaban J connectivity index is 3.80. The summed E-state index contributed by atoms with van der Waals surface area (Å²) in [5.41, 5.74) is 6.01. The van der Waals surface area contributed by atoms with E-state index in [9.17, 15) is 8.42 Å². The zero-order valence-electron chi connectivity index (χ0n) is 9.68.